The molecule has 0 radical (unpaired) electrons. The summed E-state index contributed by atoms with van der Waals surface area (Å²) in [5.74, 6) is -0.165. The van der Waals surface area contributed by atoms with E-state index in [0.717, 1.165) is 34.4 Å². The summed E-state index contributed by atoms with van der Waals surface area (Å²) in [6.07, 6.45) is 0.482. The number of nitrogens with one attached hydrogen (secondary N) is 1. The lowest BCUT2D eigenvalue weighted by Gasteiger charge is -2.32. The third-order valence-corrected chi connectivity index (χ3v) is 6.30. The zero-order valence-electron chi connectivity index (χ0n) is 18.9. The Morgan fingerprint density at radius 1 is 1.13 bits per heavy atom. The molecule has 0 aromatic heterocycles. The minimum atomic E-state index is -0.512. The van der Waals surface area contributed by atoms with Crippen LogP contribution < -0.4 is 11.1 Å². The third-order valence-electron chi connectivity index (χ3n) is 6.30. The van der Waals surface area contributed by atoms with Gasteiger partial charge >= 0.3 is 6.09 Å². The van der Waals surface area contributed by atoms with Gasteiger partial charge in [0.1, 0.15) is 5.60 Å². The summed E-state index contributed by atoms with van der Waals surface area (Å²) in [4.78, 5) is 26.3. The van der Waals surface area contributed by atoms with Crippen LogP contribution in [0.15, 0.2) is 30.3 Å². The Labute approximate surface area is 183 Å². The van der Waals surface area contributed by atoms with Crippen molar-refractivity contribution >= 4 is 17.7 Å². The van der Waals surface area contributed by atoms with Crippen LogP contribution in [0.2, 0.25) is 0 Å². The zero-order chi connectivity index (χ0) is 22.5. The van der Waals surface area contributed by atoms with Crippen LogP contribution >= 0.6 is 0 Å². The van der Waals surface area contributed by atoms with Crippen LogP contribution in [-0.4, -0.2) is 35.1 Å². The van der Waals surface area contributed by atoms with E-state index in [0.29, 0.717) is 18.7 Å². The van der Waals surface area contributed by atoms with Crippen molar-refractivity contribution in [1.29, 1.82) is 0 Å². The summed E-state index contributed by atoms with van der Waals surface area (Å²) in [5.41, 5.74) is 12.3. The summed E-state index contributed by atoms with van der Waals surface area (Å²) < 4.78 is 5.56. The Hall–Kier alpha value is -3.02. The molecule has 0 saturated carbocycles. The molecule has 3 N–H and O–H groups in total. The molecular formula is C25H31N3O3. The SMILES string of the molecule is C[C@@H]1c2c(-c3cccc4c3CCN(C(=O)OC(C)(C)C)C4)ccc(C(N)=O)c2N[C@@H]1C. The normalized spacial score (nSPS) is 20.0. The topological polar surface area (TPSA) is 84.7 Å². The highest BCUT2D eigenvalue weighted by Crippen LogP contribution is 2.45. The molecule has 6 nitrogen and oxygen atoms in total. The average Bonchev–Trinajstić information content (AvgIpc) is 2.99. The van der Waals surface area contributed by atoms with Gasteiger partial charge in [0.2, 0.25) is 0 Å². The van der Waals surface area contributed by atoms with Crippen molar-refractivity contribution in [2.75, 3.05) is 11.9 Å². The van der Waals surface area contributed by atoms with E-state index in [4.69, 9.17) is 10.5 Å². The fraction of sp³-hybridized carbons (Fsp3) is 0.440. The van der Waals surface area contributed by atoms with Crippen LogP contribution in [-0.2, 0) is 17.7 Å². The van der Waals surface area contributed by atoms with E-state index in [9.17, 15) is 9.59 Å². The number of carbonyl (C=O) groups excluding carboxylic acids is 2. The summed E-state index contributed by atoms with van der Waals surface area (Å²) in [6, 6.07) is 10.3. The van der Waals surface area contributed by atoms with Gasteiger partial charge < -0.3 is 20.7 Å². The Kier molecular flexibility index (Phi) is 5.20. The number of primary amides is 1. The highest BCUT2D eigenvalue weighted by molar-refractivity contribution is 6.01. The van der Waals surface area contributed by atoms with Crippen molar-refractivity contribution < 1.29 is 14.3 Å². The predicted molar refractivity (Wildman–Crippen MR) is 122 cm³/mol. The van der Waals surface area contributed by atoms with Crippen molar-refractivity contribution in [2.45, 2.75) is 65.1 Å². The summed E-state index contributed by atoms with van der Waals surface area (Å²) in [6.45, 7) is 11.1. The lowest BCUT2D eigenvalue weighted by Crippen LogP contribution is -2.40. The highest BCUT2D eigenvalue weighted by atomic mass is 16.6. The van der Waals surface area contributed by atoms with Crippen molar-refractivity contribution in [2.24, 2.45) is 5.73 Å². The first kappa shape index (κ1) is 21.2. The predicted octanol–water partition coefficient (Wildman–Crippen LogP) is 4.66. The van der Waals surface area contributed by atoms with Gasteiger partial charge in [-0.15, -0.1) is 0 Å². The lowest BCUT2D eigenvalue weighted by atomic mass is 9.84. The highest BCUT2D eigenvalue weighted by Gasteiger charge is 2.33. The molecule has 2 atom stereocenters. The fourth-order valence-electron chi connectivity index (χ4n) is 4.63. The molecule has 2 aliphatic rings. The molecule has 0 spiro atoms. The Morgan fingerprint density at radius 3 is 2.55 bits per heavy atom. The Bertz CT molecular complexity index is 1050. The minimum absolute atomic E-state index is 0.219. The van der Waals surface area contributed by atoms with Crippen LogP contribution in [0.25, 0.3) is 11.1 Å². The second-order valence-corrected chi connectivity index (χ2v) is 9.63. The number of nitrogens with two attached hydrogens (primary N) is 1. The van der Waals surface area contributed by atoms with E-state index in [-0.39, 0.29) is 18.1 Å². The molecule has 2 aliphatic heterocycles. The van der Waals surface area contributed by atoms with Crippen LogP contribution in [0.4, 0.5) is 10.5 Å². The van der Waals surface area contributed by atoms with Gasteiger partial charge in [0.15, 0.2) is 0 Å². The van der Waals surface area contributed by atoms with E-state index in [1.54, 1.807) is 4.90 Å². The second-order valence-electron chi connectivity index (χ2n) is 9.63. The number of amides is 2. The first-order valence-electron chi connectivity index (χ1n) is 10.9. The maximum atomic E-state index is 12.6. The van der Waals surface area contributed by atoms with Gasteiger partial charge in [0.05, 0.1) is 11.3 Å². The number of hydrogen-bond acceptors (Lipinski definition) is 4. The molecule has 2 heterocycles. The van der Waals surface area contributed by atoms with Gasteiger partial charge in [-0.3, -0.25) is 4.79 Å². The van der Waals surface area contributed by atoms with E-state index < -0.39 is 11.5 Å². The summed E-state index contributed by atoms with van der Waals surface area (Å²) >= 11 is 0. The van der Waals surface area contributed by atoms with Crippen molar-refractivity contribution in [3.8, 4) is 11.1 Å². The van der Waals surface area contributed by atoms with Gasteiger partial charge in [-0.25, -0.2) is 4.79 Å². The molecule has 0 bridgehead atoms. The molecule has 2 amide bonds. The second kappa shape index (κ2) is 7.59. The van der Waals surface area contributed by atoms with Gasteiger partial charge in [0.25, 0.3) is 5.91 Å². The number of hydrogen-bond donors (Lipinski definition) is 2. The number of nitrogens with zero attached hydrogens (tertiary/aromatic N) is 1. The number of ether oxygens (including phenoxy) is 1. The zero-order valence-corrected chi connectivity index (χ0v) is 18.9. The maximum absolute atomic E-state index is 12.6. The molecule has 0 fully saturated rings. The van der Waals surface area contributed by atoms with E-state index in [1.165, 1.54) is 5.56 Å². The first-order chi connectivity index (χ1) is 14.6. The number of fused-ring (bicyclic) bond motifs is 2. The largest absolute Gasteiger partial charge is 0.444 e. The standard InChI is InChI=1S/C25H31N3O3/c1-14-15(2)27-22-20(23(26)29)10-9-19(21(14)22)18-8-6-7-16-13-28(12-11-17(16)18)24(30)31-25(3,4)5/h6-10,14-15,27H,11-13H2,1-5H3,(H2,26,29)/t14-,15+/m0/s1. The third kappa shape index (κ3) is 3.87. The summed E-state index contributed by atoms with van der Waals surface area (Å²) in [5, 5.41) is 3.46. The van der Waals surface area contributed by atoms with Crippen LogP contribution in [0, 0.1) is 0 Å². The fourth-order valence-corrected chi connectivity index (χ4v) is 4.63. The number of rotatable bonds is 2. The first-order valence-corrected chi connectivity index (χ1v) is 10.9. The quantitative estimate of drug-likeness (QED) is 0.738. The number of benzene rings is 2. The number of anilines is 1. The molecule has 6 heteroatoms. The molecule has 31 heavy (non-hydrogen) atoms. The Balaban J connectivity index is 1.73. The monoisotopic (exact) mass is 421 g/mol. The van der Waals surface area contributed by atoms with E-state index in [2.05, 4.69) is 31.3 Å². The molecule has 2 aromatic rings. The lowest BCUT2D eigenvalue weighted by molar-refractivity contribution is 0.0224. The molecule has 164 valence electrons. The average molecular weight is 422 g/mol. The molecule has 0 unspecified atom stereocenters. The van der Waals surface area contributed by atoms with Crippen molar-refractivity contribution in [3.05, 3.63) is 52.6 Å². The maximum Gasteiger partial charge on any atom is 0.410 e. The van der Waals surface area contributed by atoms with Gasteiger partial charge in [-0.05, 0) is 68.0 Å². The molecular weight excluding hydrogens is 390 g/mol. The van der Waals surface area contributed by atoms with Crippen LogP contribution in [0.3, 0.4) is 0 Å². The van der Waals surface area contributed by atoms with Gasteiger partial charge in [0, 0.05) is 25.0 Å². The van der Waals surface area contributed by atoms with E-state index >= 15 is 0 Å². The van der Waals surface area contributed by atoms with Gasteiger partial charge in [-0.2, -0.15) is 0 Å². The van der Waals surface area contributed by atoms with Gasteiger partial charge in [-0.1, -0.05) is 31.2 Å². The molecule has 0 aliphatic carbocycles. The summed E-state index contributed by atoms with van der Waals surface area (Å²) in [7, 11) is 0. The molecule has 2 aromatic carbocycles. The Morgan fingerprint density at radius 2 is 1.87 bits per heavy atom. The van der Waals surface area contributed by atoms with Crippen LogP contribution in [0.1, 0.15) is 67.6 Å². The van der Waals surface area contributed by atoms with E-state index in [1.807, 2.05) is 39.0 Å². The van der Waals surface area contributed by atoms with Crippen molar-refractivity contribution in [3.63, 3.8) is 0 Å². The smallest absolute Gasteiger partial charge is 0.410 e. The molecule has 0 saturated heterocycles. The van der Waals surface area contributed by atoms with Crippen molar-refractivity contribution in [1.82, 2.24) is 4.90 Å². The van der Waals surface area contributed by atoms with Crippen LogP contribution in [0.5, 0.6) is 0 Å². The number of carbonyl (C=O) groups is 2. The molecule has 4 rings (SSSR count). The minimum Gasteiger partial charge on any atom is -0.444 e.